The molecule has 102 valence electrons. The van der Waals surface area contributed by atoms with Gasteiger partial charge in [0.05, 0.1) is 20.5 Å². The lowest BCUT2D eigenvalue weighted by atomic mass is 10.1. The molecule has 5 heteroatoms. The van der Waals surface area contributed by atoms with Crippen molar-refractivity contribution in [1.82, 2.24) is 0 Å². The molecule has 0 saturated carbocycles. The van der Waals surface area contributed by atoms with Crippen LogP contribution in [0.3, 0.4) is 0 Å². The molecule has 0 amide bonds. The van der Waals surface area contributed by atoms with Gasteiger partial charge in [-0.25, -0.2) is 4.79 Å². The van der Waals surface area contributed by atoms with Crippen molar-refractivity contribution in [3.8, 4) is 5.75 Å². The van der Waals surface area contributed by atoms with Crippen LogP contribution < -0.4 is 4.74 Å². The van der Waals surface area contributed by atoms with Crippen LogP contribution in [0.5, 0.6) is 5.75 Å². The summed E-state index contributed by atoms with van der Waals surface area (Å²) in [5.41, 5.74) is 2.78. The van der Waals surface area contributed by atoms with E-state index in [1.165, 1.54) is 25.0 Å². The van der Waals surface area contributed by atoms with Crippen molar-refractivity contribution in [2.24, 2.45) is 0 Å². The zero-order chi connectivity index (χ0) is 14.1. The molecule has 0 bridgehead atoms. The second-order valence-corrected chi connectivity index (χ2v) is 3.75. The maximum absolute atomic E-state index is 11.3. The molecule has 1 rings (SSSR count). The minimum absolute atomic E-state index is 0.213. The quantitative estimate of drug-likeness (QED) is 0.457. The van der Waals surface area contributed by atoms with E-state index < -0.39 is 5.97 Å². The lowest BCUT2D eigenvalue weighted by molar-refractivity contribution is -0.134. The molecule has 19 heavy (non-hydrogen) atoms. The highest BCUT2D eigenvalue weighted by molar-refractivity contribution is 6.25. The van der Waals surface area contributed by atoms with Gasteiger partial charge < -0.3 is 14.2 Å². The molecule has 0 aliphatic rings. The van der Waals surface area contributed by atoms with Gasteiger partial charge in [0, 0.05) is 17.2 Å². The summed E-state index contributed by atoms with van der Waals surface area (Å²) in [6.45, 7) is 0.213. The van der Waals surface area contributed by atoms with Crippen molar-refractivity contribution in [2.75, 3.05) is 20.8 Å². The number of ether oxygens (including phenoxy) is 3. The minimum atomic E-state index is -0.440. The van der Waals surface area contributed by atoms with Crippen LogP contribution >= 0.6 is 11.6 Å². The molecule has 0 saturated heterocycles. The fourth-order valence-electron chi connectivity index (χ4n) is 1.39. The normalized spacial score (nSPS) is 11.4. The summed E-state index contributed by atoms with van der Waals surface area (Å²) in [4.78, 5) is 11.3. The van der Waals surface area contributed by atoms with Crippen molar-refractivity contribution in [1.29, 1.82) is 0 Å². The maximum atomic E-state index is 11.3. The van der Waals surface area contributed by atoms with E-state index in [1.54, 1.807) is 19.2 Å². The SMILES string of the molecule is COC(=O)/C=C(\CO/C=C\Cl)c1ccc(OC)cc1. The summed E-state index contributed by atoms with van der Waals surface area (Å²) < 4.78 is 14.9. The van der Waals surface area contributed by atoms with Crippen LogP contribution in [-0.4, -0.2) is 26.8 Å². The van der Waals surface area contributed by atoms with E-state index in [2.05, 4.69) is 4.74 Å². The van der Waals surface area contributed by atoms with Crippen molar-refractivity contribution < 1.29 is 19.0 Å². The van der Waals surface area contributed by atoms with Gasteiger partial charge in [-0.1, -0.05) is 23.7 Å². The summed E-state index contributed by atoms with van der Waals surface area (Å²) in [5.74, 6) is 0.298. The Kier molecular flexibility index (Phi) is 6.53. The van der Waals surface area contributed by atoms with Crippen molar-refractivity contribution >= 4 is 23.1 Å². The largest absolute Gasteiger partial charge is 0.497 e. The lowest BCUT2D eigenvalue weighted by Gasteiger charge is -2.08. The number of methoxy groups -OCH3 is 2. The highest BCUT2D eigenvalue weighted by Crippen LogP contribution is 2.19. The molecule has 0 atom stereocenters. The van der Waals surface area contributed by atoms with Gasteiger partial charge >= 0.3 is 5.97 Å². The highest BCUT2D eigenvalue weighted by atomic mass is 35.5. The van der Waals surface area contributed by atoms with Crippen molar-refractivity contribution in [3.05, 3.63) is 47.7 Å². The highest BCUT2D eigenvalue weighted by Gasteiger charge is 2.06. The van der Waals surface area contributed by atoms with Crippen LogP contribution in [0.1, 0.15) is 5.56 Å². The van der Waals surface area contributed by atoms with Crippen molar-refractivity contribution in [3.63, 3.8) is 0 Å². The summed E-state index contributed by atoms with van der Waals surface area (Å²) in [5, 5.41) is 0. The number of esters is 1. The molecule has 1 aromatic carbocycles. The average Bonchev–Trinajstić information content (AvgIpc) is 2.46. The smallest absolute Gasteiger partial charge is 0.330 e. The van der Waals surface area contributed by atoms with Crippen LogP contribution in [0.4, 0.5) is 0 Å². The first kappa shape index (κ1) is 15.1. The standard InChI is InChI=1S/C14H15ClO4/c1-17-13-5-3-11(4-6-13)12(9-14(16)18-2)10-19-8-7-15/h3-9H,10H2,1-2H3/b8-7-,12-9+. The summed E-state index contributed by atoms with van der Waals surface area (Å²) >= 11 is 5.37. The van der Waals surface area contributed by atoms with Crippen LogP contribution in [0, 0.1) is 0 Å². The number of carbonyl (C=O) groups is 1. The first-order valence-electron chi connectivity index (χ1n) is 5.51. The Hall–Kier alpha value is -1.94. The molecule has 0 aromatic heterocycles. The second kappa shape index (κ2) is 8.21. The average molecular weight is 283 g/mol. The third-order valence-corrected chi connectivity index (χ3v) is 2.44. The Labute approximate surface area is 117 Å². The summed E-state index contributed by atoms with van der Waals surface area (Å²) in [7, 11) is 2.92. The van der Waals surface area contributed by atoms with Gasteiger partial charge in [0.2, 0.25) is 0 Å². The van der Waals surface area contributed by atoms with E-state index in [9.17, 15) is 4.79 Å². The van der Waals surface area contributed by atoms with E-state index in [0.717, 1.165) is 11.3 Å². The lowest BCUT2D eigenvalue weighted by Crippen LogP contribution is -2.01. The fourth-order valence-corrected chi connectivity index (χ4v) is 1.46. The van der Waals surface area contributed by atoms with E-state index >= 15 is 0 Å². The Bertz CT molecular complexity index is 463. The molecule has 0 N–H and O–H groups in total. The number of carbonyl (C=O) groups excluding carboxylic acids is 1. The first-order valence-corrected chi connectivity index (χ1v) is 5.94. The molecular formula is C14H15ClO4. The number of benzene rings is 1. The van der Waals surface area contributed by atoms with Gasteiger partial charge in [-0.15, -0.1) is 0 Å². The Morgan fingerprint density at radius 2 is 1.95 bits per heavy atom. The number of halogens is 1. The van der Waals surface area contributed by atoms with Gasteiger partial charge in [0.1, 0.15) is 12.4 Å². The Morgan fingerprint density at radius 3 is 2.47 bits per heavy atom. The van der Waals surface area contributed by atoms with Crippen molar-refractivity contribution in [2.45, 2.75) is 0 Å². The molecule has 0 spiro atoms. The van der Waals surface area contributed by atoms with Crippen LogP contribution in [0.25, 0.3) is 5.57 Å². The molecule has 1 aromatic rings. The molecular weight excluding hydrogens is 268 g/mol. The molecule has 0 aliphatic carbocycles. The number of hydrogen-bond donors (Lipinski definition) is 0. The van der Waals surface area contributed by atoms with Gasteiger partial charge in [-0.2, -0.15) is 0 Å². The molecule has 4 nitrogen and oxygen atoms in total. The van der Waals surface area contributed by atoms with Gasteiger partial charge in [0.15, 0.2) is 0 Å². The van der Waals surface area contributed by atoms with E-state index in [1.807, 2.05) is 12.1 Å². The number of hydrogen-bond acceptors (Lipinski definition) is 4. The third-order valence-electron chi connectivity index (χ3n) is 2.34. The minimum Gasteiger partial charge on any atom is -0.497 e. The monoisotopic (exact) mass is 282 g/mol. The maximum Gasteiger partial charge on any atom is 0.330 e. The fraction of sp³-hybridized carbons (Fsp3) is 0.214. The first-order chi connectivity index (χ1) is 9.21. The number of rotatable bonds is 6. The van der Waals surface area contributed by atoms with Gasteiger partial charge in [-0.05, 0) is 17.7 Å². The van der Waals surface area contributed by atoms with E-state index in [-0.39, 0.29) is 6.61 Å². The zero-order valence-corrected chi connectivity index (χ0v) is 11.5. The van der Waals surface area contributed by atoms with E-state index in [0.29, 0.717) is 5.57 Å². The van der Waals surface area contributed by atoms with E-state index in [4.69, 9.17) is 21.1 Å². The molecule has 0 radical (unpaired) electrons. The zero-order valence-electron chi connectivity index (χ0n) is 10.8. The third kappa shape index (κ3) is 5.06. The topological polar surface area (TPSA) is 44.8 Å². The summed E-state index contributed by atoms with van der Waals surface area (Å²) in [6, 6.07) is 7.28. The molecule has 0 aliphatic heterocycles. The summed E-state index contributed by atoms with van der Waals surface area (Å²) in [6.07, 6.45) is 2.72. The Balaban J connectivity index is 2.93. The second-order valence-electron chi connectivity index (χ2n) is 3.49. The van der Waals surface area contributed by atoms with Gasteiger partial charge in [0.25, 0.3) is 0 Å². The van der Waals surface area contributed by atoms with Crippen LogP contribution in [0.2, 0.25) is 0 Å². The van der Waals surface area contributed by atoms with Crippen LogP contribution in [-0.2, 0) is 14.3 Å². The van der Waals surface area contributed by atoms with Crippen LogP contribution in [0.15, 0.2) is 42.1 Å². The molecule has 0 heterocycles. The van der Waals surface area contributed by atoms with Gasteiger partial charge in [-0.3, -0.25) is 0 Å². The predicted molar refractivity (Wildman–Crippen MR) is 73.9 cm³/mol. The molecule has 0 fully saturated rings. The Morgan fingerprint density at radius 1 is 1.26 bits per heavy atom. The predicted octanol–water partition coefficient (Wildman–Crippen LogP) is 2.98. The molecule has 0 unspecified atom stereocenters.